The number of aryl methyl sites for hydroxylation is 1. The minimum absolute atomic E-state index is 0.0761. The van der Waals surface area contributed by atoms with Gasteiger partial charge in [0.05, 0.1) is 18.3 Å². The smallest absolute Gasteiger partial charge is 0.105 e. The molecule has 1 unspecified atom stereocenters. The Morgan fingerprint density at radius 1 is 1.64 bits per heavy atom. The fraction of sp³-hybridized carbons (Fsp3) is 0.545. The Hall–Kier alpha value is -1.27. The number of furan rings is 1. The SMILES string of the molecule is Cc1occc1CN(C)CC(C)C#N. The fourth-order valence-corrected chi connectivity index (χ4v) is 1.44. The molecule has 0 radical (unpaired) electrons. The zero-order valence-electron chi connectivity index (χ0n) is 8.95. The van der Waals surface area contributed by atoms with Gasteiger partial charge in [-0.2, -0.15) is 5.26 Å². The highest BCUT2D eigenvalue weighted by molar-refractivity contribution is 5.15. The lowest BCUT2D eigenvalue weighted by atomic mass is 10.2. The third-order valence-electron chi connectivity index (χ3n) is 2.21. The molecular formula is C11H16N2O. The summed E-state index contributed by atoms with van der Waals surface area (Å²) in [7, 11) is 2.01. The standard InChI is InChI=1S/C11H16N2O/c1-9(6-12)7-13(3)8-11-4-5-14-10(11)2/h4-5,9H,7-8H2,1-3H3. The number of hydrogen-bond donors (Lipinski definition) is 0. The maximum atomic E-state index is 8.67. The van der Waals surface area contributed by atoms with E-state index >= 15 is 0 Å². The fourth-order valence-electron chi connectivity index (χ4n) is 1.44. The third kappa shape index (κ3) is 2.90. The van der Waals surface area contributed by atoms with Gasteiger partial charge in [0.15, 0.2) is 0 Å². The monoisotopic (exact) mass is 192 g/mol. The Labute approximate surface area is 84.9 Å². The van der Waals surface area contributed by atoms with Crippen LogP contribution in [0.2, 0.25) is 0 Å². The van der Waals surface area contributed by atoms with E-state index < -0.39 is 0 Å². The van der Waals surface area contributed by atoms with Crippen molar-refractivity contribution in [2.75, 3.05) is 13.6 Å². The summed E-state index contributed by atoms with van der Waals surface area (Å²) in [6.07, 6.45) is 1.70. The van der Waals surface area contributed by atoms with E-state index in [1.165, 1.54) is 5.56 Å². The van der Waals surface area contributed by atoms with Gasteiger partial charge in [0, 0.05) is 18.7 Å². The van der Waals surface area contributed by atoms with Gasteiger partial charge in [-0.3, -0.25) is 0 Å². The number of rotatable bonds is 4. The van der Waals surface area contributed by atoms with Crippen molar-refractivity contribution in [1.29, 1.82) is 5.26 Å². The van der Waals surface area contributed by atoms with Crippen LogP contribution in [0.3, 0.4) is 0 Å². The number of nitrogens with zero attached hydrogens (tertiary/aromatic N) is 2. The van der Waals surface area contributed by atoms with Gasteiger partial charge in [-0.05, 0) is 27.0 Å². The Bertz CT molecular complexity index is 324. The second kappa shape index (κ2) is 4.83. The Kier molecular flexibility index (Phi) is 3.73. The second-order valence-corrected chi connectivity index (χ2v) is 3.73. The van der Waals surface area contributed by atoms with Crippen molar-refractivity contribution < 1.29 is 4.42 Å². The van der Waals surface area contributed by atoms with Crippen LogP contribution in [0, 0.1) is 24.2 Å². The van der Waals surface area contributed by atoms with Crippen LogP contribution in [-0.4, -0.2) is 18.5 Å². The van der Waals surface area contributed by atoms with Crippen LogP contribution >= 0.6 is 0 Å². The quantitative estimate of drug-likeness (QED) is 0.734. The van der Waals surface area contributed by atoms with Gasteiger partial charge in [0.1, 0.15) is 5.76 Å². The van der Waals surface area contributed by atoms with Crippen molar-refractivity contribution in [3.05, 3.63) is 23.7 Å². The molecule has 3 nitrogen and oxygen atoms in total. The van der Waals surface area contributed by atoms with E-state index in [4.69, 9.17) is 9.68 Å². The van der Waals surface area contributed by atoms with Crippen molar-refractivity contribution in [2.24, 2.45) is 5.92 Å². The molecule has 1 atom stereocenters. The molecule has 1 aromatic heterocycles. The molecule has 76 valence electrons. The molecule has 0 fully saturated rings. The van der Waals surface area contributed by atoms with Crippen LogP contribution in [0.1, 0.15) is 18.2 Å². The normalized spacial score (nSPS) is 12.8. The van der Waals surface area contributed by atoms with Crippen LogP contribution < -0.4 is 0 Å². The molecule has 0 aromatic carbocycles. The molecule has 1 aromatic rings. The van der Waals surface area contributed by atoms with Crippen LogP contribution in [0.5, 0.6) is 0 Å². The summed E-state index contributed by atoms with van der Waals surface area (Å²) in [5.74, 6) is 1.04. The van der Waals surface area contributed by atoms with Crippen molar-refractivity contribution in [1.82, 2.24) is 4.90 Å². The average molecular weight is 192 g/mol. The molecule has 0 spiro atoms. The first-order valence-corrected chi connectivity index (χ1v) is 4.74. The molecule has 0 bridgehead atoms. The van der Waals surface area contributed by atoms with Crippen molar-refractivity contribution in [3.8, 4) is 6.07 Å². The van der Waals surface area contributed by atoms with Crippen molar-refractivity contribution in [3.63, 3.8) is 0 Å². The first kappa shape index (κ1) is 10.8. The summed E-state index contributed by atoms with van der Waals surface area (Å²) in [6, 6.07) is 4.20. The van der Waals surface area contributed by atoms with E-state index in [0.29, 0.717) is 0 Å². The molecule has 0 N–H and O–H groups in total. The first-order valence-electron chi connectivity index (χ1n) is 4.74. The predicted octanol–water partition coefficient (Wildman–Crippen LogP) is 2.18. The number of hydrogen-bond acceptors (Lipinski definition) is 3. The lowest BCUT2D eigenvalue weighted by Gasteiger charge is -2.16. The minimum atomic E-state index is 0.0761. The lowest BCUT2D eigenvalue weighted by Crippen LogP contribution is -2.23. The molecule has 0 saturated heterocycles. The Morgan fingerprint density at radius 3 is 2.86 bits per heavy atom. The highest BCUT2D eigenvalue weighted by atomic mass is 16.3. The second-order valence-electron chi connectivity index (χ2n) is 3.73. The van der Waals surface area contributed by atoms with Crippen molar-refractivity contribution in [2.45, 2.75) is 20.4 Å². The van der Waals surface area contributed by atoms with E-state index in [-0.39, 0.29) is 5.92 Å². The molecule has 0 aliphatic rings. The molecule has 0 amide bonds. The van der Waals surface area contributed by atoms with Gasteiger partial charge in [0.2, 0.25) is 0 Å². The first-order chi connectivity index (χ1) is 6.63. The summed E-state index contributed by atoms with van der Waals surface area (Å²) in [5.41, 5.74) is 1.19. The topological polar surface area (TPSA) is 40.2 Å². The number of nitriles is 1. The molecular weight excluding hydrogens is 176 g/mol. The third-order valence-corrected chi connectivity index (χ3v) is 2.21. The summed E-state index contributed by atoms with van der Waals surface area (Å²) < 4.78 is 5.21. The predicted molar refractivity (Wildman–Crippen MR) is 54.6 cm³/mol. The molecule has 14 heavy (non-hydrogen) atoms. The maximum Gasteiger partial charge on any atom is 0.105 e. The summed E-state index contributed by atoms with van der Waals surface area (Å²) in [5, 5.41) is 8.67. The summed E-state index contributed by atoms with van der Waals surface area (Å²) in [6.45, 7) is 5.52. The van der Waals surface area contributed by atoms with E-state index in [1.807, 2.05) is 27.0 Å². The van der Waals surface area contributed by atoms with E-state index in [1.54, 1.807) is 6.26 Å². The maximum absolute atomic E-state index is 8.67. The van der Waals surface area contributed by atoms with Crippen molar-refractivity contribution >= 4 is 0 Å². The van der Waals surface area contributed by atoms with Gasteiger partial charge < -0.3 is 9.32 Å². The molecule has 0 aliphatic carbocycles. The van der Waals surface area contributed by atoms with Gasteiger partial charge in [-0.1, -0.05) is 0 Å². The molecule has 0 aliphatic heterocycles. The minimum Gasteiger partial charge on any atom is -0.469 e. The zero-order chi connectivity index (χ0) is 10.6. The van der Waals surface area contributed by atoms with Gasteiger partial charge in [0.25, 0.3) is 0 Å². The van der Waals surface area contributed by atoms with Crippen LogP contribution in [0.25, 0.3) is 0 Å². The van der Waals surface area contributed by atoms with E-state index in [0.717, 1.165) is 18.8 Å². The van der Waals surface area contributed by atoms with Gasteiger partial charge in [-0.25, -0.2) is 0 Å². The van der Waals surface area contributed by atoms with Crippen LogP contribution in [0.15, 0.2) is 16.7 Å². The Balaban J connectivity index is 2.46. The van der Waals surface area contributed by atoms with Crippen LogP contribution in [-0.2, 0) is 6.54 Å². The van der Waals surface area contributed by atoms with Gasteiger partial charge >= 0.3 is 0 Å². The Morgan fingerprint density at radius 2 is 2.36 bits per heavy atom. The summed E-state index contributed by atoms with van der Waals surface area (Å²) in [4.78, 5) is 2.13. The highest BCUT2D eigenvalue weighted by Crippen LogP contribution is 2.11. The largest absolute Gasteiger partial charge is 0.469 e. The van der Waals surface area contributed by atoms with Crippen LogP contribution in [0.4, 0.5) is 0 Å². The molecule has 1 heterocycles. The van der Waals surface area contributed by atoms with Gasteiger partial charge in [-0.15, -0.1) is 0 Å². The van der Waals surface area contributed by atoms with E-state index in [2.05, 4.69) is 11.0 Å². The zero-order valence-corrected chi connectivity index (χ0v) is 8.95. The highest BCUT2D eigenvalue weighted by Gasteiger charge is 2.08. The molecule has 1 rings (SSSR count). The lowest BCUT2D eigenvalue weighted by molar-refractivity contribution is 0.301. The average Bonchev–Trinajstić information content (AvgIpc) is 2.51. The van der Waals surface area contributed by atoms with E-state index in [9.17, 15) is 0 Å². The summed E-state index contributed by atoms with van der Waals surface area (Å²) >= 11 is 0. The molecule has 3 heteroatoms. The molecule has 0 saturated carbocycles.